The molecule has 3 rings (SSSR count). The van der Waals surface area contributed by atoms with Gasteiger partial charge < -0.3 is 9.47 Å². The highest BCUT2D eigenvalue weighted by molar-refractivity contribution is 9.10. The lowest BCUT2D eigenvalue weighted by Crippen LogP contribution is -2.17. The lowest BCUT2D eigenvalue weighted by molar-refractivity contribution is -0.274. The summed E-state index contributed by atoms with van der Waals surface area (Å²) in [4.78, 5) is 11.9. The number of carbonyl (C=O) groups is 1. The molecule has 0 bridgehead atoms. The number of rotatable bonds is 3. The third-order valence-electron chi connectivity index (χ3n) is 3.78. The van der Waals surface area contributed by atoms with Crippen molar-refractivity contribution < 1.29 is 27.4 Å². The Labute approximate surface area is 144 Å². The molecule has 126 valence electrons. The van der Waals surface area contributed by atoms with Crippen LogP contribution in [-0.4, -0.2) is 12.3 Å². The van der Waals surface area contributed by atoms with E-state index in [0.717, 1.165) is 15.6 Å². The van der Waals surface area contributed by atoms with Crippen molar-refractivity contribution >= 4 is 21.9 Å². The summed E-state index contributed by atoms with van der Waals surface area (Å²) in [5.41, 5.74) is 2.71. The van der Waals surface area contributed by atoms with Gasteiger partial charge in [-0.1, -0.05) is 28.1 Å². The van der Waals surface area contributed by atoms with Crippen LogP contribution in [0.4, 0.5) is 13.2 Å². The number of hydrogen-bond donors (Lipinski definition) is 0. The maximum atomic E-state index is 12.3. The summed E-state index contributed by atoms with van der Waals surface area (Å²) in [6.45, 7) is 1.69. The van der Waals surface area contributed by atoms with Crippen molar-refractivity contribution in [2.75, 3.05) is 0 Å². The maximum Gasteiger partial charge on any atom is 0.573 e. The first-order valence-electron chi connectivity index (χ1n) is 7.08. The molecular weight excluding hydrogens is 389 g/mol. The number of alkyl halides is 3. The minimum atomic E-state index is -4.72. The van der Waals surface area contributed by atoms with E-state index in [1.165, 1.54) is 12.1 Å². The minimum Gasteiger partial charge on any atom is -0.454 e. The van der Waals surface area contributed by atoms with E-state index in [2.05, 4.69) is 20.7 Å². The summed E-state index contributed by atoms with van der Waals surface area (Å²) in [5.74, 6) is -0.664. The van der Waals surface area contributed by atoms with Crippen LogP contribution >= 0.6 is 15.9 Å². The van der Waals surface area contributed by atoms with Crippen LogP contribution in [0.1, 0.15) is 33.2 Å². The van der Waals surface area contributed by atoms with Crippen molar-refractivity contribution in [3.05, 3.63) is 63.1 Å². The molecule has 0 aromatic heterocycles. The van der Waals surface area contributed by atoms with Gasteiger partial charge >= 0.3 is 12.3 Å². The highest BCUT2D eigenvalue weighted by Gasteiger charge is 2.33. The zero-order valence-corrected chi connectivity index (χ0v) is 14.1. The standard InChI is InChI=1S/C17H12BrF3O3/c1-9-6-12(24-17(19,20)21)4-2-10(9)7-15-13-5-3-11(18)8-14(13)16(22)23-15/h2-6,8,15H,7H2,1H3. The van der Waals surface area contributed by atoms with Crippen LogP contribution in [0.5, 0.6) is 5.75 Å². The second kappa shape index (κ2) is 6.12. The van der Waals surface area contributed by atoms with Crippen LogP contribution in [0.3, 0.4) is 0 Å². The first-order valence-corrected chi connectivity index (χ1v) is 7.88. The van der Waals surface area contributed by atoms with Crippen LogP contribution < -0.4 is 4.74 Å². The van der Waals surface area contributed by atoms with Gasteiger partial charge in [-0.3, -0.25) is 0 Å². The molecule has 0 aliphatic carbocycles. The third-order valence-corrected chi connectivity index (χ3v) is 4.28. The van der Waals surface area contributed by atoms with E-state index in [-0.39, 0.29) is 5.75 Å². The summed E-state index contributed by atoms with van der Waals surface area (Å²) in [6, 6.07) is 9.47. The Hall–Kier alpha value is -2.02. The van der Waals surface area contributed by atoms with Gasteiger partial charge in [-0.05, 0) is 42.3 Å². The Morgan fingerprint density at radius 2 is 1.96 bits per heavy atom. The Balaban J connectivity index is 1.82. The Bertz CT molecular complexity index is 802. The molecule has 0 radical (unpaired) electrons. The molecule has 0 fully saturated rings. The van der Waals surface area contributed by atoms with E-state index in [1.807, 2.05) is 12.1 Å². The van der Waals surface area contributed by atoms with Crippen molar-refractivity contribution in [2.45, 2.75) is 25.8 Å². The fourth-order valence-electron chi connectivity index (χ4n) is 2.69. The van der Waals surface area contributed by atoms with E-state index < -0.39 is 18.4 Å². The van der Waals surface area contributed by atoms with Crippen LogP contribution in [0.25, 0.3) is 0 Å². The van der Waals surface area contributed by atoms with Gasteiger partial charge in [0.15, 0.2) is 0 Å². The number of aryl methyl sites for hydroxylation is 1. The molecule has 2 aromatic carbocycles. The zero-order chi connectivity index (χ0) is 17.5. The lowest BCUT2D eigenvalue weighted by Gasteiger charge is -2.15. The largest absolute Gasteiger partial charge is 0.573 e. The smallest absolute Gasteiger partial charge is 0.454 e. The third kappa shape index (κ3) is 3.56. The SMILES string of the molecule is Cc1cc(OC(F)(F)F)ccc1CC1OC(=O)c2cc(Br)ccc21. The fraction of sp³-hybridized carbons (Fsp3) is 0.235. The first kappa shape index (κ1) is 16.8. The molecule has 24 heavy (non-hydrogen) atoms. The molecule has 7 heteroatoms. The summed E-state index contributed by atoms with van der Waals surface area (Å²) >= 11 is 3.31. The van der Waals surface area contributed by atoms with Crippen molar-refractivity contribution in [2.24, 2.45) is 0 Å². The number of esters is 1. The number of fused-ring (bicyclic) bond motifs is 1. The maximum absolute atomic E-state index is 12.3. The van der Waals surface area contributed by atoms with Crippen molar-refractivity contribution in [1.29, 1.82) is 0 Å². The Kier molecular flexibility index (Phi) is 4.29. The average Bonchev–Trinajstić information content (AvgIpc) is 2.76. The van der Waals surface area contributed by atoms with Crippen molar-refractivity contribution in [3.63, 3.8) is 0 Å². The minimum absolute atomic E-state index is 0.267. The number of carbonyl (C=O) groups excluding carboxylic acids is 1. The molecule has 1 aliphatic heterocycles. The number of hydrogen-bond acceptors (Lipinski definition) is 3. The Morgan fingerprint density at radius 1 is 1.21 bits per heavy atom. The second-order valence-corrected chi connectivity index (χ2v) is 6.38. The number of halogens is 4. The first-order chi connectivity index (χ1) is 11.2. The van der Waals surface area contributed by atoms with E-state index in [9.17, 15) is 18.0 Å². The molecule has 0 saturated carbocycles. The van der Waals surface area contributed by atoms with Gasteiger partial charge in [0.25, 0.3) is 0 Å². The van der Waals surface area contributed by atoms with Crippen LogP contribution in [0.15, 0.2) is 40.9 Å². The van der Waals surface area contributed by atoms with E-state index >= 15 is 0 Å². The van der Waals surface area contributed by atoms with Gasteiger partial charge in [-0.2, -0.15) is 0 Å². The van der Waals surface area contributed by atoms with Crippen LogP contribution in [0, 0.1) is 6.92 Å². The number of benzene rings is 2. The fourth-order valence-corrected chi connectivity index (χ4v) is 3.05. The molecule has 1 aliphatic rings. The molecule has 0 amide bonds. The Morgan fingerprint density at radius 3 is 2.62 bits per heavy atom. The van der Waals surface area contributed by atoms with Gasteiger partial charge in [0.2, 0.25) is 0 Å². The van der Waals surface area contributed by atoms with Gasteiger partial charge in [-0.15, -0.1) is 13.2 Å². The molecule has 3 nitrogen and oxygen atoms in total. The van der Waals surface area contributed by atoms with E-state index in [0.29, 0.717) is 17.5 Å². The molecule has 0 saturated heterocycles. The molecule has 1 heterocycles. The average molecular weight is 401 g/mol. The highest BCUT2D eigenvalue weighted by Crippen LogP contribution is 2.36. The molecule has 1 unspecified atom stereocenters. The molecule has 1 atom stereocenters. The zero-order valence-electron chi connectivity index (χ0n) is 12.5. The van der Waals surface area contributed by atoms with E-state index in [1.54, 1.807) is 19.1 Å². The topological polar surface area (TPSA) is 35.5 Å². The van der Waals surface area contributed by atoms with Crippen LogP contribution in [0.2, 0.25) is 0 Å². The number of cyclic esters (lactones) is 1. The van der Waals surface area contributed by atoms with Crippen molar-refractivity contribution in [1.82, 2.24) is 0 Å². The quantitative estimate of drug-likeness (QED) is 0.671. The van der Waals surface area contributed by atoms with Gasteiger partial charge in [0.1, 0.15) is 11.9 Å². The molecular formula is C17H12BrF3O3. The van der Waals surface area contributed by atoms with Crippen LogP contribution in [-0.2, 0) is 11.2 Å². The predicted octanol–water partition coefficient (Wildman–Crippen LogP) is 5.11. The highest BCUT2D eigenvalue weighted by atomic mass is 79.9. The molecule has 2 aromatic rings. The lowest BCUT2D eigenvalue weighted by atomic mass is 9.97. The monoisotopic (exact) mass is 400 g/mol. The van der Waals surface area contributed by atoms with Gasteiger partial charge in [-0.25, -0.2) is 4.79 Å². The summed E-state index contributed by atoms with van der Waals surface area (Å²) in [7, 11) is 0. The van der Waals surface area contributed by atoms with E-state index in [4.69, 9.17) is 4.74 Å². The summed E-state index contributed by atoms with van der Waals surface area (Å²) < 4.78 is 46.8. The molecule has 0 N–H and O–H groups in total. The van der Waals surface area contributed by atoms with Gasteiger partial charge in [0.05, 0.1) is 5.56 Å². The number of ether oxygens (including phenoxy) is 2. The van der Waals surface area contributed by atoms with Gasteiger partial charge in [0, 0.05) is 16.5 Å². The predicted molar refractivity (Wildman–Crippen MR) is 83.9 cm³/mol. The second-order valence-electron chi connectivity index (χ2n) is 5.47. The van der Waals surface area contributed by atoms with Crippen molar-refractivity contribution in [3.8, 4) is 5.75 Å². The summed E-state index contributed by atoms with van der Waals surface area (Å²) in [5, 5.41) is 0. The normalized spacial score (nSPS) is 16.7. The molecule has 0 spiro atoms. The summed E-state index contributed by atoms with van der Waals surface area (Å²) in [6.07, 6.45) is -4.78.